The molecule has 1 fully saturated rings. The normalized spacial score (nSPS) is 18.8. The Morgan fingerprint density at radius 2 is 1.90 bits per heavy atom. The molecule has 21 heavy (non-hydrogen) atoms. The van der Waals surface area contributed by atoms with E-state index in [1.165, 1.54) is 31.2 Å². The number of rotatable bonds is 5. The van der Waals surface area contributed by atoms with Crippen LogP contribution in [-0.4, -0.2) is 15.2 Å². The van der Waals surface area contributed by atoms with Gasteiger partial charge in [0, 0.05) is 11.8 Å². The number of nitrogens with one attached hydrogen (secondary N) is 1. The number of hydrogen-bond acceptors (Lipinski definition) is 2. The molecule has 1 aromatic heterocycles. The first kappa shape index (κ1) is 14.3. The van der Waals surface area contributed by atoms with E-state index in [2.05, 4.69) is 54.4 Å². The molecule has 0 spiro atoms. The van der Waals surface area contributed by atoms with Crippen molar-refractivity contribution in [3.8, 4) is 0 Å². The first-order chi connectivity index (χ1) is 10.3. The fraction of sp³-hybridized carbons (Fsp3) is 0.556. The maximum absolute atomic E-state index is 4.87. The average Bonchev–Trinajstić information content (AvgIpc) is 3.19. The summed E-state index contributed by atoms with van der Waals surface area (Å²) < 4.78 is 0. The third-order valence-corrected chi connectivity index (χ3v) is 4.91. The quantitative estimate of drug-likeness (QED) is 0.868. The van der Waals surface area contributed by atoms with Crippen molar-refractivity contribution < 1.29 is 0 Å². The average molecular weight is 283 g/mol. The Balaban J connectivity index is 1.89. The summed E-state index contributed by atoms with van der Waals surface area (Å²) in [7, 11) is 0. The van der Waals surface area contributed by atoms with E-state index in [0.717, 1.165) is 18.1 Å². The minimum Gasteiger partial charge on any atom is -0.263 e. The zero-order valence-corrected chi connectivity index (χ0v) is 13.0. The van der Waals surface area contributed by atoms with E-state index >= 15 is 0 Å². The molecule has 1 aromatic carbocycles. The molecule has 2 atom stereocenters. The number of aromatic nitrogens is 3. The van der Waals surface area contributed by atoms with Gasteiger partial charge in [0.2, 0.25) is 0 Å². The summed E-state index contributed by atoms with van der Waals surface area (Å²) in [6, 6.07) is 10.7. The summed E-state index contributed by atoms with van der Waals surface area (Å²) in [5, 5.41) is 7.79. The summed E-state index contributed by atoms with van der Waals surface area (Å²) >= 11 is 0. The lowest BCUT2D eigenvalue weighted by Gasteiger charge is -2.20. The van der Waals surface area contributed by atoms with Crippen LogP contribution in [0.4, 0.5) is 0 Å². The molecule has 3 nitrogen and oxygen atoms in total. The van der Waals surface area contributed by atoms with Crippen LogP contribution in [0, 0.1) is 5.92 Å². The SMILES string of the molecule is CCC(C)C(c1ccccc1)c1n[nH]c(C2CCCC2)n1. The van der Waals surface area contributed by atoms with Gasteiger partial charge in [-0.1, -0.05) is 63.4 Å². The molecule has 1 aliphatic carbocycles. The maximum atomic E-state index is 4.87. The van der Waals surface area contributed by atoms with Gasteiger partial charge in [0.15, 0.2) is 5.82 Å². The fourth-order valence-electron chi connectivity index (χ4n) is 3.44. The molecule has 112 valence electrons. The van der Waals surface area contributed by atoms with Crippen LogP contribution in [0.3, 0.4) is 0 Å². The molecule has 0 radical (unpaired) electrons. The van der Waals surface area contributed by atoms with Crippen molar-refractivity contribution in [1.29, 1.82) is 0 Å². The second kappa shape index (κ2) is 6.42. The molecule has 0 aliphatic heterocycles. The summed E-state index contributed by atoms with van der Waals surface area (Å²) in [6.07, 6.45) is 6.30. The minimum atomic E-state index is 0.294. The van der Waals surface area contributed by atoms with Crippen LogP contribution >= 0.6 is 0 Å². The summed E-state index contributed by atoms with van der Waals surface area (Å²) in [5.41, 5.74) is 1.32. The van der Waals surface area contributed by atoms with Crippen molar-refractivity contribution in [2.45, 2.75) is 57.8 Å². The monoisotopic (exact) mass is 283 g/mol. The molecule has 1 N–H and O–H groups in total. The zero-order valence-electron chi connectivity index (χ0n) is 13.0. The topological polar surface area (TPSA) is 41.6 Å². The van der Waals surface area contributed by atoms with E-state index in [-0.39, 0.29) is 0 Å². The molecule has 0 amide bonds. The van der Waals surface area contributed by atoms with E-state index in [1.807, 2.05) is 0 Å². The van der Waals surface area contributed by atoms with E-state index < -0.39 is 0 Å². The van der Waals surface area contributed by atoms with Crippen molar-refractivity contribution >= 4 is 0 Å². The van der Waals surface area contributed by atoms with Gasteiger partial charge in [-0.05, 0) is 24.3 Å². The second-order valence-corrected chi connectivity index (χ2v) is 6.33. The van der Waals surface area contributed by atoms with E-state index in [4.69, 9.17) is 4.98 Å². The summed E-state index contributed by atoms with van der Waals surface area (Å²) in [5.74, 6) is 3.51. The van der Waals surface area contributed by atoms with Crippen LogP contribution in [0.25, 0.3) is 0 Å². The lowest BCUT2D eigenvalue weighted by molar-refractivity contribution is 0.479. The molecular formula is C18H25N3. The molecule has 0 saturated heterocycles. The van der Waals surface area contributed by atoms with Crippen LogP contribution in [0.1, 0.15) is 75.0 Å². The lowest BCUT2D eigenvalue weighted by atomic mass is 9.85. The third kappa shape index (κ3) is 3.02. The lowest BCUT2D eigenvalue weighted by Crippen LogP contribution is -2.12. The number of H-pyrrole nitrogens is 1. The molecule has 2 aromatic rings. The molecule has 2 unspecified atom stereocenters. The Labute approximate surface area is 127 Å². The first-order valence-corrected chi connectivity index (χ1v) is 8.26. The highest BCUT2D eigenvalue weighted by Gasteiger charge is 2.26. The number of benzene rings is 1. The van der Waals surface area contributed by atoms with Crippen LogP contribution in [0.15, 0.2) is 30.3 Å². The van der Waals surface area contributed by atoms with Gasteiger partial charge in [-0.3, -0.25) is 5.10 Å². The predicted octanol–water partition coefficient (Wildman–Crippen LogP) is 4.64. The molecular weight excluding hydrogens is 258 g/mol. The standard InChI is InChI=1S/C18H25N3/c1-3-13(2)16(14-9-5-4-6-10-14)18-19-17(20-21-18)15-11-7-8-12-15/h4-6,9-10,13,15-16H,3,7-8,11-12H2,1-2H3,(H,19,20,21). The fourth-order valence-corrected chi connectivity index (χ4v) is 3.44. The zero-order chi connectivity index (χ0) is 14.7. The Bertz CT molecular complexity index is 555. The molecule has 3 rings (SSSR count). The Morgan fingerprint density at radius 1 is 1.19 bits per heavy atom. The molecule has 3 heteroatoms. The highest BCUT2D eigenvalue weighted by atomic mass is 15.2. The second-order valence-electron chi connectivity index (χ2n) is 6.33. The number of nitrogens with zero attached hydrogens (tertiary/aromatic N) is 2. The smallest absolute Gasteiger partial charge is 0.158 e. The van der Waals surface area contributed by atoms with Crippen LogP contribution in [0.2, 0.25) is 0 Å². The van der Waals surface area contributed by atoms with Crippen molar-refractivity contribution in [2.24, 2.45) is 5.92 Å². The van der Waals surface area contributed by atoms with Crippen LogP contribution in [-0.2, 0) is 0 Å². The van der Waals surface area contributed by atoms with Gasteiger partial charge in [0.1, 0.15) is 5.82 Å². The molecule has 0 bridgehead atoms. The minimum absolute atomic E-state index is 0.294. The van der Waals surface area contributed by atoms with Crippen molar-refractivity contribution in [3.05, 3.63) is 47.5 Å². The maximum Gasteiger partial charge on any atom is 0.158 e. The van der Waals surface area contributed by atoms with E-state index in [1.54, 1.807) is 0 Å². The van der Waals surface area contributed by atoms with Gasteiger partial charge < -0.3 is 0 Å². The van der Waals surface area contributed by atoms with Gasteiger partial charge in [-0.15, -0.1) is 0 Å². The van der Waals surface area contributed by atoms with Crippen molar-refractivity contribution in [3.63, 3.8) is 0 Å². The largest absolute Gasteiger partial charge is 0.263 e. The van der Waals surface area contributed by atoms with Gasteiger partial charge in [0.05, 0.1) is 0 Å². The highest BCUT2D eigenvalue weighted by molar-refractivity contribution is 5.26. The molecule has 1 heterocycles. The Morgan fingerprint density at radius 3 is 2.57 bits per heavy atom. The van der Waals surface area contributed by atoms with Gasteiger partial charge >= 0.3 is 0 Å². The van der Waals surface area contributed by atoms with Gasteiger partial charge in [-0.25, -0.2) is 4.98 Å². The number of hydrogen-bond donors (Lipinski definition) is 1. The van der Waals surface area contributed by atoms with Gasteiger partial charge in [0.25, 0.3) is 0 Å². The Kier molecular flexibility index (Phi) is 4.37. The van der Waals surface area contributed by atoms with Crippen LogP contribution < -0.4 is 0 Å². The molecule has 1 aliphatic rings. The summed E-state index contributed by atoms with van der Waals surface area (Å²) in [6.45, 7) is 4.54. The van der Waals surface area contributed by atoms with Crippen molar-refractivity contribution in [2.75, 3.05) is 0 Å². The number of aromatic amines is 1. The van der Waals surface area contributed by atoms with E-state index in [9.17, 15) is 0 Å². The first-order valence-electron chi connectivity index (χ1n) is 8.26. The summed E-state index contributed by atoms with van der Waals surface area (Å²) in [4.78, 5) is 4.87. The van der Waals surface area contributed by atoms with Gasteiger partial charge in [-0.2, -0.15) is 5.10 Å². The van der Waals surface area contributed by atoms with Crippen molar-refractivity contribution in [1.82, 2.24) is 15.2 Å². The van der Waals surface area contributed by atoms with Crippen LogP contribution in [0.5, 0.6) is 0 Å². The highest BCUT2D eigenvalue weighted by Crippen LogP contribution is 2.35. The van der Waals surface area contributed by atoms with E-state index in [0.29, 0.717) is 17.8 Å². The Hall–Kier alpha value is -1.64. The third-order valence-electron chi connectivity index (χ3n) is 4.91. The molecule has 1 saturated carbocycles. The predicted molar refractivity (Wildman–Crippen MR) is 85.3 cm³/mol.